The van der Waals surface area contributed by atoms with Gasteiger partial charge in [-0.25, -0.2) is 0 Å². The second-order valence-corrected chi connectivity index (χ2v) is 7.13. The van der Waals surface area contributed by atoms with Crippen LogP contribution in [0.3, 0.4) is 0 Å². The fraction of sp³-hybridized carbons (Fsp3) is 0.333. The largest absolute Gasteiger partial charge is 0.373 e. The molecule has 0 saturated carbocycles. The zero-order valence-electron chi connectivity index (χ0n) is 8.79. The number of hydrogen-bond acceptors (Lipinski definition) is 3. The normalized spacial score (nSPS) is 10.2. The Morgan fingerprint density at radius 3 is 1.12 bits per heavy atom. The summed E-state index contributed by atoms with van der Waals surface area (Å²) in [4.78, 5) is 45.3. The van der Waals surface area contributed by atoms with Crippen LogP contribution in [0.1, 0.15) is 0 Å². The molecule has 11 heteroatoms. The molecule has 0 aliphatic heterocycles. The molecular weight excluding hydrogens is 310 g/mol. The Hall–Kier alpha value is 0.500. The van der Waals surface area contributed by atoms with Crippen molar-refractivity contribution in [2.24, 2.45) is 0 Å². The summed E-state index contributed by atoms with van der Waals surface area (Å²) in [5.41, 5.74) is 0. The van der Waals surface area contributed by atoms with E-state index in [2.05, 4.69) is 36.8 Å². The SMILES string of the molecule is C=CCOCC=C.OP(O)(O)=S.OP(O)(O)=S. The van der Waals surface area contributed by atoms with Crippen LogP contribution in [-0.2, 0) is 28.4 Å². The van der Waals surface area contributed by atoms with Gasteiger partial charge in [0.05, 0.1) is 13.2 Å². The van der Waals surface area contributed by atoms with Gasteiger partial charge in [-0.2, -0.15) is 0 Å². The Morgan fingerprint density at radius 2 is 1.00 bits per heavy atom. The third kappa shape index (κ3) is 171. The summed E-state index contributed by atoms with van der Waals surface area (Å²) in [7, 11) is 0. The van der Waals surface area contributed by atoms with Crippen LogP contribution in [-0.4, -0.2) is 42.6 Å². The first-order valence-electron chi connectivity index (χ1n) is 3.78. The fourth-order valence-electron chi connectivity index (χ4n) is 0.235. The summed E-state index contributed by atoms with van der Waals surface area (Å²) in [5, 5.41) is 0. The van der Waals surface area contributed by atoms with E-state index >= 15 is 0 Å². The van der Waals surface area contributed by atoms with E-state index in [-0.39, 0.29) is 0 Å². The van der Waals surface area contributed by atoms with Crippen molar-refractivity contribution in [1.29, 1.82) is 0 Å². The van der Waals surface area contributed by atoms with Crippen LogP contribution in [0.25, 0.3) is 0 Å². The molecule has 0 aromatic carbocycles. The maximum Gasteiger partial charge on any atom is 0.319 e. The molecule has 0 amide bonds. The van der Waals surface area contributed by atoms with Crippen LogP contribution in [0.4, 0.5) is 0 Å². The van der Waals surface area contributed by atoms with Crippen LogP contribution in [0.15, 0.2) is 25.3 Å². The Labute approximate surface area is 110 Å². The molecule has 0 aliphatic carbocycles. The van der Waals surface area contributed by atoms with Gasteiger partial charge in [-0.1, -0.05) is 12.2 Å². The van der Waals surface area contributed by atoms with Gasteiger partial charge < -0.3 is 34.1 Å². The first kappa shape index (κ1) is 22.7. The van der Waals surface area contributed by atoms with E-state index in [1.54, 1.807) is 12.2 Å². The lowest BCUT2D eigenvalue weighted by atomic mass is 10.6. The topological polar surface area (TPSA) is 131 Å². The van der Waals surface area contributed by atoms with Crippen molar-refractivity contribution < 1.29 is 34.1 Å². The Balaban J connectivity index is -0.000000177. The molecule has 0 aromatic heterocycles. The smallest absolute Gasteiger partial charge is 0.319 e. The van der Waals surface area contributed by atoms with E-state index in [9.17, 15) is 0 Å². The highest BCUT2D eigenvalue weighted by atomic mass is 32.5. The summed E-state index contributed by atoms with van der Waals surface area (Å²) in [6, 6.07) is 0. The molecule has 0 atom stereocenters. The summed E-state index contributed by atoms with van der Waals surface area (Å²) in [6.07, 6.45) is 3.42. The van der Waals surface area contributed by atoms with Crippen molar-refractivity contribution in [3.05, 3.63) is 25.3 Å². The molecule has 104 valence electrons. The maximum atomic E-state index is 7.56. The lowest BCUT2D eigenvalue weighted by Gasteiger charge is -1.89. The Bertz CT molecular complexity index is 240. The number of rotatable bonds is 4. The lowest BCUT2D eigenvalue weighted by molar-refractivity contribution is 0.194. The van der Waals surface area contributed by atoms with E-state index in [4.69, 9.17) is 34.1 Å². The van der Waals surface area contributed by atoms with Crippen molar-refractivity contribution in [1.82, 2.24) is 0 Å². The Morgan fingerprint density at radius 1 is 0.824 bits per heavy atom. The average molecular weight is 326 g/mol. The van der Waals surface area contributed by atoms with Gasteiger partial charge in [0, 0.05) is 0 Å². The first-order chi connectivity index (χ1) is 7.41. The Kier molecular flexibility index (Phi) is 17.3. The van der Waals surface area contributed by atoms with Gasteiger partial charge in [0.15, 0.2) is 0 Å². The highest BCUT2D eigenvalue weighted by Crippen LogP contribution is 2.26. The van der Waals surface area contributed by atoms with E-state index < -0.39 is 13.4 Å². The molecule has 0 spiro atoms. The molecule has 0 rings (SSSR count). The number of ether oxygens (including phenoxy) is 1. The molecule has 0 unspecified atom stereocenters. The van der Waals surface area contributed by atoms with Crippen molar-refractivity contribution >= 4 is 37.1 Å². The van der Waals surface area contributed by atoms with Crippen LogP contribution < -0.4 is 0 Å². The van der Waals surface area contributed by atoms with Gasteiger partial charge >= 0.3 is 13.4 Å². The van der Waals surface area contributed by atoms with E-state index in [1.165, 1.54) is 0 Å². The first-order valence-corrected chi connectivity index (χ1v) is 9.10. The molecule has 0 bridgehead atoms. The summed E-state index contributed by atoms with van der Waals surface area (Å²) < 4.78 is 4.90. The highest BCUT2D eigenvalue weighted by Gasteiger charge is 1.92. The predicted octanol–water partition coefficient (Wildman–Crippen LogP) is -0.249. The van der Waals surface area contributed by atoms with E-state index in [0.717, 1.165) is 0 Å². The quantitative estimate of drug-likeness (QED) is 0.235. The molecule has 0 fully saturated rings. The molecule has 6 N–H and O–H groups in total. The number of hydrogen-bond donors (Lipinski definition) is 6. The summed E-state index contributed by atoms with van der Waals surface area (Å²) in [6.45, 7) is 0.569. The van der Waals surface area contributed by atoms with Gasteiger partial charge in [-0.15, -0.1) is 13.2 Å². The van der Waals surface area contributed by atoms with Crippen LogP contribution in [0.5, 0.6) is 0 Å². The summed E-state index contributed by atoms with van der Waals surface area (Å²) in [5.74, 6) is 0. The zero-order chi connectivity index (χ0) is 14.5. The van der Waals surface area contributed by atoms with E-state index in [0.29, 0.717) is 13.2 Å². The second kappa shape index (κ2) is 12.9. The van der Waals surface area contributed by atoms with Crippen molar-refractivity contribution in [3.63, 3.8) is 0 Å². The van der Waals surface area contributed by atoms with Crippen molar-refractivity contribution in [3.8, 4) is 0 Å². The molecule has 0 saturated heterocycles. The lowest BCUT2D eigenvalue weighted by Crippen LogP contribution is -1.87. The third-order valence-electron chi connectivity index (χ3n) is 0.471. The predicted molar refractivity (Wildman–Crippen MR) is 73.1 cm³/mol. The van der Waals surface area contributed by atoms with Crippen molar-refractivity contribution in [2.45, 2.75) is 0 Å². The van der Waals surface area contributed by atoms with Gasteiger partial charge in [0.2, 0.25) is 0 Å². The average Bonchev–Trinajstić information content (AvgIpc) is 1.99. The van der Waals surface area contributed by atoms with Crippen LogP contribution >= 0.6 is 13.4 Å². The molecular formula is C6H16O7P2S2. The summed E-state index contributed by atoms with van der Waals surface area (Å²) >= 11 is 7.21. The molecule has 0 aliphatic rings. The van der Waals surface area contributed by atoms with Crippen LogP contribution in [0.2, 0.25) is 0 Å². The minimum absolute atomic E-state index is 0.617. The van der Waals surface area contributed by atoms with Gasteiger partial charge in [0.25, 0.3) is 0 Å². The van der Waals surface area contributed by atoms with Gasteiger partial charge in [-0.05, 0) is 23.6 Å². The molecule has 0 aromatic rings. The van der Waals surface area contributed by atoms with Gasteiger partial charge in [-0.3, -0.25) is 0 Å². The van der Waals surface area contributed by atoms with E-state index in [1.807, 2.05) is 0 Å². The molecule has 17 heavy (non-hydrogen) atoms. The maximum absolute atomic E-state index is 7.56. The molecule has 0 heterocycles. The minimum atomic E-state index is -3.81. The fourth-order valence-corrected chi connectivity index (χ4v) is 0.235. The zero-order valence-corrected chi connectivity index (χ0v) is 12.2. The van der Waals surface area contributed by atoms with Gasteiger partial charge in [0.1, 0.15) is 0 Å². The molecule has 7 nitrogen and oxygen atoms in total. The second-order valence-electron chi connectivity index (χ2n) is 2.14. The minimum Gasteiger partial charge on any atom is -0.373 e. The monoisotopic (exact) mass is 326 g/mol. The van der Waals surface area contributed by atoms with Crippen molar-refractivity contribution in [2.75, 3.05) is 13.2 Å². The third-order valence-corrected chi connectivity index (χ3v) is 0.471. The molecule has 0 radical (unpaired) electrons. The highest BCUT2D eigenvalue weighted by molar-refractivity contribution is 8.06. The van der Waals surface area contributed by atoms with Crippen LogP contribution in [0, 0.1) is 0 Å². The standard InChI is InChI=1S/C6H10O.2H3O3PS/c1-3-5-7-6-4-2;2*1-4(2,3)5/h3-4H,1-2,5-6H2;2*(H3,1,2,3,5).